The second-order valence-electron chi connectivity index (χ2n) is 19.0. The maximum atomic E-state index is 13.3. The average Bonchev–Trinajstić information content (AvgIpc) is 3.41. The van der Waals surface area contributed by atoms with Crippen molar-refractivity contribution >= 4 is 70.0 Å². The Morgan fingerprint density at radius 1 is 0.395 bits per heavy atom. The van der Waals surface area contributed by atoms with Crippen LogP contribution in [0.4, 0.5) is 0 Å². The first-order chi connectivity index (χ1) is 36.9. The number of fused-ring (bicyclic) bond motifs is 1. The van der Waals surface area contributed by atoms with Crippen molar-refractivity contribution in [3.8, 4) is 34.5 Å². The second-order valence-corrected chi connectivity index (χ2v) is 19.8. The van der Waals surface area contributed by atoms with Crippen LogP contribution < -0.4 is 28.4 Å². The highest BCUT2D eigenvalue weighted by Crippen LogP contribution is 2.31. The first-order valence-electron chi connectivity index (χ1n) is 26.7. The van der Waals surface area contributed by atoms with Crippen molar-refractivity contribution in [2.45, 2.75) is 130 Å². The molecule has 10 nitrogen and oxygen atoms in total. The molecule has 0 N–H and O–H groups in total. The Balaban J connectivity index is 0.948. The Morgan fingerprint density at radius 2 is 0.750 bits per heavy atom. The lowest BCUT2D eigenvalue weighted by Crippen LogP contribution is -2.11. The summed E-state index contributed by atoms with van der Waals surface area (Å²) in [6, 6.07) is 33.6. The van der Waals surface area contributed by atoms with Crippen molar-refractivity contribution in [2.75, 3.05) is 13.2 Å². The van der Waals surface area contributed by atoms with Gasteiger partial charge in [0.05, 0.1) is 34.4 Å². The van der Waals surface area contributed by atoms with E-state index in [1.807, 2.05) is 48.5 Å². The second kappa shape index (κ2) is 31.2. The highest BCUT2D eigenvalue weighted by molar-refractivity contribution is 6.33. The Kier molecular flexibility index (Phi) is 24.0. The van der Waals surface area contributed by atoms with E-state index in [1.165, 1.54) is 113 Å². The summed E-state index contributed by atoms with van der Waals surface area (Å²) in [6.07, 6.45) is 23.3. The lowest BCUT2D eigenvalue weighted by Gasteiger charge is -2.10. The SMILES string of the molecule is CCCCCCCCCCOc1ccc(/C=C(\C)C(=O)Oc2ccc(C(=O)Oc3ccc4ccc(OC(=O)c5ccc(OC(=O)/C(C)=C/c6ccc(OCCCCCCCCCC)cc6)c(Cl)c5)cc4c3)cc2Cl)cc1. The van der Waals surface area contributed by atoms with Crippen molar-refractivity contribution in [1.82, 2.24) is 0 Å². The number of esters is 4. The van der Waals surface area contributed by atoms with Crippen LogP contribution >= 0.6 is 23.2 Å². The van der Waals surface area contributed by atoms with Gasteiger partial charge in [-0.15, -0.1) is 0 Å². The van der Waals surface area contributed by atoms with E-state index in [0.717, 1.165) is 53.7 Å². The van der Waals surface area contributed by atoms with Gasteiger partial charge in [-0.25, -0.2) is 19.2 Å². The first-order valence-corrected chi connectivity index (χ1v) is 27.5. The van der Waals surface area contributed by atoms with E-state index in [2.05, 4.69) is 13.8 Å². The lowest BCUT2D eigenvalue weighted by atomic mass is 10.1. The summed E-state index contributed by atoms with van der Waals surface area (Å²) in [4.78, 5) is 52.6. The zero-order chi connectivity index (χ0) is 54.1. The molecule has 0 heterocycles. The number of rotatable bonds is 30. The van der Waals surface area contributed by atoms with Crippen LogP contribution in [0.25, 0.3) is 22.9 Å². The monoisotopic (exact) mass is 1070 g/mol. The Hall–Kier alpha value is -6.88. The summed E-state index contributed by atoms with van der Waals surface area (Å²) >= 11 is 13.0. The molecule has 0 atom stereocenters. The van der Waals surface area contributed by atoms with Gasteiger partial charge < -0.3 is 28.4 Å². The molecule has 0 saturated heterocycles. The zero-order valence-electron chi connectivity index (χ0n) is 44.3. The molecule has 0 spiro atoms. The van der Waals surface area contributed by atoms with Crippen molar-refractivity contribution in [3.63, 3.8) is 0 Å². The fourth-order valence-corrected chi connectivity index (χ4v) is 8.67. The number of ether oxygens (including phenoxy) is 6. The molecule has 0 aliphatic carbocycles. The molecule has 0 bridgehead atoms. The van der Waals surface area contributed by atoms with Crippen molar-refractivity contribution in [3.05, 3.63) is 165 Å². The number of hydrogen-bond donors (Lipinski definition) is 0. The maximum absolute atomic E-state index is 13.3. The fourth-order valence-electron chi connectivity index (χ4n) is 8.23. The predicted octanol–water partition coefficient (Wildman–Crippen LogP) is 17.6. The van der Waals surface area contributed by atoms with Crippen molar-refractivity contribution in [1.29, 1.82) is 0 Å². The third-order valence-electron chi connectivity index (χ3n) is 12.6. The van der Waals surface area contributed by atoms with E-state index in [9.17, 15) is 19.2 Å². The summed E-state index contributed by atoms with van der Waals surface area (Å²) in [5.74, 6) is -0.402. The number of halogens is 2. The largest absolute Gasteiger partial charge is 0.494 e. The minimum atomic E-state index is -0.694. The minimum Gasteiger partial charge on any atom is -0.494 e. The highest BCUT2D eigenvalue weighted by atomic mass is 35.5. The first kappa shape index (κ1) is 58.4. The van der Waals surface area contributed by atoms with Gasteiger partial charge in [0.2, 0.25) is 0 Å². The van der Waals surface area contributed by atoms with E-state index in [0.29, 0.717) is 29.7 Å². The number of hydrogen-bond acceptors (Lipinski definition) is 10. The molecule has 0 saturated carbocycles. The molecule has 0 radical (unpaired) electrons. The van der Waals surface area contributed by atoms with Crippen LogP contribution in [0, 0.1) is 0 Å². The van der Waals surface area contributed by atoms with E-state index in [4.69, 9.17) is 51.6 Å². The molecular formula is C64H70Cl2O10. The molecule has 0 aromatic heterocycles. The van der Waals surface area contributed by atoms with Crippen LogP contribution in [-0.2, 0) is 9.59 Å². The molecule has 6 rings (SSSR count). The lowest BCUT2D eigenvalue weighted by molar-refractivity contribution is -0.130. The molecular weight excluding hydrogens is 1000 g/mol. The van der Waals surface area contributed by atoms with Gasteiger partial charge in [-0.1, -0.05) is 163 Å². The van der Waals surface area contributed by atoms with E-state index < -0.39 is 23.9 Å². The number of carbonyl (C=O) groups is 4. The molecule has 0 unspecified atom stereocenters. The van der Waals surface area contributed by atoms with Crippen LogP contribution in [0.2, 0.25) is 10.0 Å². The molecule has 0 fully saturated rings. The van der Waals surface area contributed by atoms with Crippen LogP contribution in [0.1, 0.15) is 162 Å². The van der Waals surface area contributed by atoms with E-state index in [1.54, 1.807) is 62.4 Å². The van der Waals surface area contributed by atoms with Crippen molar-refractivity contribution < 1.29 is 47.6 Å². The summed E-state index contributed by atoms with van der Waals surface area (Å²) in [5.41, 5.74) is 2.59. The minimum absolute atomic E-state index is 0.0468. The molecule has 0 aliphatic heterocycles. The van der Waals surface area contributed by atoms with Gasteiger partial charge in [0.1, 0.15) is 34.5 Å². The summed E-state index contributed by atoms with van der Waals surface area (Å²) in [7, 11) is 0. The Bertz CT molecular complexity index is 2730. The van der Waals surface area contributed by atoms with Gasteiger partial charge in [0.15, 0.2) is 0 Å². The van der Waals surface area contributed by atoms with E-state index >= 15 is 0 Å². The average molecular weight is 1070 g/mol. The highest BCUT2D eigenvalue weighted by Gasteiger charge is 2.18. The van der Waals surface area contributed by atoms with E-state index in [-0.39, 0.29) is 44.2 Å². The quantitative estimate of drug-likeness (QED) is 0.0186. The van der Waals surface area contributed by atoms with Crippen molar-refractivity contribution in [2.24, 2.45) is 0 Å². The fraction of sp³-hybridized carbons (Fsp3) is 0.344. The van der Waals surface area contributed by atoms with Gasteiger partial charge in [-0.2, -0.15) is 0 Å². The topological polar surface area (TPSA) is 124 Å². The third kappa shape index (κ3) is 19.4. The molecule has 12 heteroatoms. The van der Waals surface area contributed by atoms with Crippen LogP contribution in [0.15, 0.2) is 132 Å². The zero-order valence-corrected chi connectivity index (χ0v) is 45.8. The summed E-state index contributed by atoms with van der Waals surface area (Å²) in [5, 5.41) is 1.51. The summed E-state index contributed by atoms with van der Waals surface area (Å²) < 4.78 is 34.3. The molecule has 0 aliphatic rings. The molecule has 6 aromatic rings. The van der Waals surface area contributed by atoms with Gasteiger partial charge in [-0.05, 0) is 146 Å². The molecule has 400 valence electrons. The van der Waals surface area contributed by atoms with Crippen LogP contribution in [-0.4, -0.2) is 37.1 Å². The Morgan fingerprint density at radius 3 is 1.12 bits per heavy atom. The number of carbonyl (C=O) groups excluding carboxylic acids is 4. The maximum Gasteiger partial charge on any atom is 0.343 e. The summed E-state index contributed by atoms with van der Waals surface area (Å²) in [6.45, 7) is 9.10. The standard InChI is InChI=1S/C64H70Cl2O10/c1-5-7-9-11-13-15-17-19-37-71-53-29-21-47(22-30-53)39-45(3)61(67)75-59-35-27-50(43-57(59)65)63(69)73-55-33-25-49-26-34-56(42-52(49)41-55)74-64(70)51-28-36-60(58(66)44-51)76-62(68)46(4)40-48-23-31-54(32-24-48)72-38-20-18-16-14-12-10-8-6-2/h21-36,39-44H,5-20,37-38H2,1-4H3/b45-39+,46-40+. The molecule has 0 amide bonds. The third-order valence-corrected chi connectivity index (χ3v) is 13.2. The number of benzene rings is 6. The van der Waals surface area contributed by atoms with Crippen LogP contribution in [0.3, 0.4) is 0 Å². The molecule has 76 heavy (non-hydrogen) atoms. The number of unbranched alkanes of at least 4 members (excludes halogenated alkanes) is 14. The van der Waals surface area contributed by atoms with Gasteiger partial charge in [0.25, 0.3) is 0 Å². The van der Waals surface area contributed by atoms with Gasteiger partial charge in [-0.3, -0.25) is 0 Å². The Labute approximate surface area is 458 Å². The predicted molar refractivity (Wildman–Crippen MR) is 304 cm³/mol. The van der Waals surface area contributed by atoms with Gasteiger partial charge >= 0.3 is 23.9 Å². The van der Waals surface area contributed by atoms with Gasteiger partial charge in [0, 0.05) is 11.1 Å². The smallest absolute Gasteiger partial charge is 0.343 e. The normalized spacial score (nSPS) is 11.6. The molecule has 6 aromatic carbocycles. The van der Waals surface area contributed by atoms with Crippen LogP contribution in [0.5, 0.6) is 34.5 Å².